The van der Waals surface area contributed by atoms with E-state index in [4.69, 9.17) is 11.6 Å². The second-order valence-electron chi connectivity index (χ2n) is 6.58. The molecule has 0 bridgehead atoms. The quantitative estimate of drug-likeness (QED) is 0.675. The number of hydrogen-bond acceptors (Lipinski definition) is 5. The number of nitrogens with zero attached hydrogens (tertiary/aromatic N) is 1. The highest BCUT2D eigenvalue weighted by Crippen LogP contribution is 2.32. The first kappa shape index (κ1) is 21.6. The maximum absolute atomic E-state index is 12.6. The van der Waals surface area contributed by atoms with Gasteiger partial charge < -0.3 is 10.6 Å². The van der Waals surface area contributed by atoms with Crippen LogP contribution in [0, 0.1) is 6.92 Å². The highest BCUT2D eigenvalue weighted by Gasteiger charge is 2.41. The molecule has 2 aromatic carbocycles. The Labute approximate surface area is 182 Å². The molecule has 0 spiro atoms. The van der Waals surface area contributed by atoms with Crippen molar-refractivity contribution in [3.05, 3.63) is 70.1 Å². The molecule has 1 heterocycles. The van der Waals surface area contributed by atoms with E-state index in [9.17, 15) is 19.2 Å². The fraction of sp³-hybridized carbons (Fsp3) is 0.143. The summed E-state index contributed by atoms with van der Waals surface area (Å²) < 4.78 is 0. The molecule has 2 N–H and O–H groups in total. The van der Waals surface area contributed by atoms with Crippen LogP contribution in [0.3, 0.4) is 0 Å². The molecule has 1 atom stereocenters. The lowest BCUT2D eigenvalue weighted by molar-refractivity contribution is -0.130. The number of carbonyl (C=O) groups is 4. The summed E-state index contributed by atoms with van der Waals surface area (Å²) in [5.74, 6) is -1.77. The minimum Gasteiger partial charge on any atom is -0.324 e. The highest BCUT2D eigenvalue weighted by molar-refractivity contribution is 8.18. The van der Waals surface area contributed by atoms with Crippen molar-refractivity contribution in [2.45, 2.75) is 19.9 Å². The molecule has 7 nitrogen and oxygen atoms in total. The van der Waals surface area contributed by atoms with Gasteiger partial charge in [0.15, 0.2) is 0 Å². The van der Waals surface area contributed by atoms with E-state index in [0.717, 1.165) is 16.5 Å². The Balaban J connectivity index is 1.67. The Morgan fingerprint density at radius 3 is 2.20 bits per heavy atom. The molecule has 3 rings (SSSR count). The zero-order valence-electron chi connectivity index (χ0n) is 16.1. The molecule has 0 unspecified atom stereocenters. The Bertz CT molecular complexity index is 1040. The third-order valence-electron chi connectivity index (χ3n) is 4.28. The van der Waals surface area contributed by atoms with Crippen molar-refractivity contribution in [2.24, 2.45) is 0 Å². The molecule has 0 aliphatic carbocycles. The lowest BCUT2D eigenvalue weighted by Gasteiger charge is -2.20. The molecule has 4 amide bonds. The van der Waals surface area contributed by atoms with Crippen molar-refractivity contribution in [1.29, 1.82) is 0 Å². The van der Waals surface area contributed by atoms with Crippen LogP contribution in [0.4, 0.5) is 16.2 Å². The zero-order chi connectivity index (χ0) is 21.8. The summed E-state index contributed by atoms with van der Waals surface area (Å²) in [6.07, 6.45) is 1.06. The maximum atomic E-state index is 12.6. The van der Waals surface area contributed by atoms with E-state index in [-0.39, 0.29) is 4.91 Å². The summed E-state index contributed by atoms with van der Waals surface area (Å²) in [6.45, 7) is 3.36. The van der Waals surface area contributed by atoms with Gasteiger partial charge in [-0.05, 0) is 62.0 Å². The molecule has 30 heavy (non-hydrogen) atoms. The van der Waals surface area contributed by atoms with Crippen LogP contribution in [-0.2, 0) is 14.4 Å². The van der Waals surface area contributed by atoms with Gasteiger partial charge in [-0.3, -0.25) is 24.1 Å². The average Bonchev–Trinajstić information content (AvgIpc) is 2.97. The number of carbonyl (C=O) groups excluding carboxylic acids is 4. The summed E-state index contributed by atoms with van der Waals surface area (Å²) >= 11 is 6.43. The van der Waals surface area contributed by atoms with Crippen molar-refractivity contribution in [1.82, 2.24) is 4.90 Å². The Hall–Kier alpha value is -3.10. The van der Waals surface area contributed by atoms with Gasteiger partial charge in [-0.2, -0.15) is 0 Å². The molecule has 0 radical (unpaired) electrons. The van der Waals surface area contributed by atoms with Gasteiger partial charge in [0.25, 0.3) is 11.1 Å². The fourth-order valence-corrected chi connectivity index (χ4v) is 3.65. The van der Waals surface area contributed by atoms with E-state index >= 15 is 0 Å². The number of hydrogen-bond donors (Lipinski definition) is 2. The number of amides is 4. The van der Waals surface area contributed by atoms with Crippen LogP contribution in [0.25, 0.3) is 0 Å². The largest absolute Gasteiger partial charge is 0.324 e. The summed E-state index contributed by atoms with van der Waals surface area (Å²) in [4.78, 5) is 50.4. The standard InChI is InChI=1S/C21H18ClN3O4S/c1-12-3-7-15(8-4-12)23-18(26)11-17-20(28)25(21(29)30-17)13(2)19(27)24-16-9-5-14(22)6-10-16/h3-11,13H,1-2H3,(H,23,26)(H,24,27)/b17-11-/t13-/m1/s1. The van der Waals surface area contributed by atoms with E-state index < -0.39 is 29.0 Å². The Morgan fingerprint density at radius 2 is 1.57 bits per heavy atom. The lowest BCUT2D eigenvalue weighted by atomic mass is 10.2. The number of rotatable bonds is 5. The SMILES string of the molecule is Cc1ccc(NC(=O)/C=C2\SC(=O)N([C@H](C)C(=O)Nc3ccc(Cl)cc3)C2=O)cc1. The molecule has 0 aromatic heterocycles. The van der Waals surface area contributed by atoms with Crippen molar-refractivity contribution >= 4 is 57.7 Å². The molecule has 1 aliphatic rings. The van der Waals surface area contributed by atoms with Gasteiger partial charge in [-0.15, -0.1) is 0 Å². The first-order chi connectivity index (χ1) is 14.2. The molecular weight excluding hydrogens is 426 g/mol. The van der Waals surface area contributed by atoms with E-state index in [1.54, 1.807) is 36.4 Å². The Kier molecular flexibility index (Phi) is 6.59. The topological polar surface area (TPSA) is 95.6 Å². The summed E-state index contributed by atoms with van der Waals surface area (Å²) in [7, 11) is 0. The van der Waals surface area contributed by atoms with Crippen molar-refractivity contribution in [3.63, 3.8) is 0 Å². The van der Waals surface area contributed by atoms with Crippen LogP contribution in [0.15, 0.2) is 59.5 Å². The number of aryl methyl sites for hydroxylation is 1. The molecular formula is C21H18ClN3O4S. The Morgan fingerprint density at radius 1 is 1.00 bits per heavy atom. The number of benzene rings is 2. The number of halogens is 1. The van der Waals surface area contributed by atoms with Gasteiger partial charge in [0.2, 0.25) is 11.8 Å². The van der Waals surface area contributed by atoms with Crippen LogP contribution in [0.1, 0.15) is 12.5 Å². The number of anilines is 2. The van der Waals surface area contributed by atoms with Gasteiger partial charge >= 0.3 is 0 Å². The molecule has 154 valence electrons. The molecule has 2 aromatic rings. The van der Waals surface area contributed by atoms with Gasteiger partial charge in [-0.25, -0.2) is 0 Å². The predicted molar refractivity (Wildman–Crippen MR) is 117 cm³/mol. The van der Waals surface area contributed by atoms with E-state index in [0.29, 0.717) is 28.2 Å². The van der Waals surface area contributed by atoms with Crippen LogP contribution in [0.5, 0.6) is 0 Å². The zero-order valence-corrected chi connectivity index (χ0v) is 17.7. The van der Waals surface area contributed by atoms with Crippen molar-refractivity contribution < 1.29 is 19.2 Å². The minimum atomic E-state index is -1.06. The first-order valence-electron chi connectivity index (χ1n) is 8.96. The molecule has 1 saturated heterocycles. The average molecular weight is 444 g/mol. The minimum absolute atomic E-state index is 0.0456. The smallest absolute Gasteiger partial charge is 0.294 e. The second kappa shape index (κ2) is 9.15. The van der Waals surface area contributed by atoms with Crippen LogP contribution >= 0.6 is 23.4 Å². The van der Waals surface area contributed by atoms with Gasteiger partial charge in [0.05, 0.1) is 4.91 Å². The van der Waals surface area contributed by atoms with Crippen molar-refractivity contribution in [3.8, 4) is 0 Å². The van der Waals surface area contributed by atoms with E-state index in [1.165, 1.54) is 6.92 Å². The van der Waals surface area contributed by atoms with E-state index in [1.807, 2.05) is 19.1 Å². The van der Waals surface area contributed by atoms with Gasteiger partial charge in [0, 0.05) is 22.5 Å². The highest BCUT2D eigenvalue weighted by atomic mass is 35.5. The van der Waals surface area contributed by atoms with Crippen LogP contribution < -0.4 is 10.6 Å². The van der Waals surface area contributed by atoms with Crippen molar-refractivity contribution in [2.75, 3.05) is 10.6 Å². The second-order valence-corrected chi connectivity index (χ2v) is 8.01. The molecule has 1 fully saturated rings. The van der Waals surface area contributed by atoms with E-state index in [2.05, 4.69) is 10.6 Å². The summed E-state index contributed by atoms with van der Waals surface area (Å²) in [5, 5.41) is 5.16. The fourth-order valence-electron chi connectivity index (χ4n) is 2.65. The third-order valence-corrected chi connectivity index (χ3v) is 5.42. The lowest BCUT2D eigenvalue weighted by Crippen LogP contribution is -2.44. The van der Waals surface area contributed by atoms with Crippen LogP contribution in [0.2, 0.25) is 5.02 Å². The molecule has 9 heteroatoms. The van der Waals surface area contributed by atoms with Gasteiger partial charge in [-0.1, -0.05) is 29.3 Å². The number of thioether (sulfide) groups is 1. The number of imide groups is 1. The summed E-state index contributed by atoms with van der Waals surface area (Å²) in [5.41, 5.74) is 2.09. The van der Waals surface area contributed by atoms with Gasteiger partial charge in [0.1, 0.15) is 6.04 Å². The summed E-state index contributed by atoms with van der Waals surface area (Å²) in [6, 6.07) is 12.5. The monoisotopic (exact) mass is 443 g/mol. The molecule has 0 saturated carbocycles. The third kappa shape index (κ3) is 5.08. The number of nitrogens with one attached hydrogen (secondary N) is 2. The predicted octanol–water partition coefficient (Wildman–Crippen LogP) is 4.19. The van der Waals surface area contributed by atoms with Crippen LogP contribution in [-0.4, -0.2) is 33.9 Å². The first-order valence-corrected chi connectivity index (χ1v) is 10.1. The maximum Gasteiger partial charge on any atom is 0.294 e. The normalized spacial score (nSPS) is 16.0. The molecule has 1 aliphatic heterocycles.